The van der Waals surface area contributed by atoms with Crippen molar-refractivity contribution in [1.82, 2.24) is 0 Å². The third kappa shape index (κ3) is 2.80. The second-order valence-electron chi connectivity index (χ2n) is 4.57. The largest absolute Gasteiger partial charge is 0.229 e. The number of sulfone groups is 1. The second-order valence-corrected chi connectivity index (χ2v) is 7.27. The minimum absolute atomic E-state index is 0.0634. The van der Waals surface area contributed by atoms with Crippen molar-refractivity contribution >= 4 is 21.4 Å². The molecule has 0 N–H and O–H groups in total. The Bertz CT molecular complexity index is 527. The van der Waals surface area contributed by atoms with Crippen LogP contribution in [-0.4, -0.2) is 19.9 Å². The van der Waals surface area contributed by atoms with E-state index in [-0.39, 0.29) is 28.6 Å². The van der Waals surface area contributed by atoms with Gasteiger partial charge in [0.15, 0.2) is 9.84 Å². The van der Waals surface area contributed by atoms with Crippen LogP contribution < -0.4 is 0 Å². The van der Waals surface area contributed by atoms with E-state index in [1.807, 2.05) is 0 Å². The van der Waals surface area contributed by atoms with E-state index < -0.39 is 9.84 Å². The number of aryl methyl sites for hydroxylation is 1. The summed E-state index contributed by atoms with van der Waals surface area (Å²) in [5.74, 6) is 0.0155. The summed E-state index contributed by atoms with van der Waals surface area (Å²) in [6.45, 7) is 1.67. The van der Waals surface area contributed by atoms with Crippen molar-refractivity contribution in [2.24, 2.45) is 5.92 Å². The van der Waals surface area contributed by atoms with Gasteiger partial charge in [0.2, 0.25) is 0 Å². The van der Waals surface area contributed by atoms with E-state index in [4.69, 9.17) is 11.6 Å². The summed E-state index contributed by atoms with van der Waals surface area (Å²) >= 11 is 6.28. The van der Waals surface area contributed by atoms with Crippen molar-refractivity contribution < 1.29 is 12.8 Å². The normalized spacial score (nSPS) is 24.8. The lowest BCUT2D eigenvalue weighted by Gasteiger charge is -2.16. The molecule has 94 valence electrons. The predicted octanol–water partition coefficient (Wildman–Crippen LogP) is 2.85. The molecule has 2 nitrogen and oxygen atoms in total. The Balaban J connectivity index is 2.20. The van der Waals surface area contributed by atoms with Gasteiger partial charge in [0, 0.05) is 0 Å². The van der Waals surface area contributed by atoms with E-state index in [9.17, 15) is 12.8 Å². The standard InChI is InChI=1S/C12H14ClFO2S/c1-8-6-9(2-3-11(8)14)12(13)10-4-5-17(15,16)7-10/h2-3,6,10,12H,4-5,7H2,1H3. The molecule has 17 heavy (non-hydrogen) atoms. The van der Waals surface area contributed by atoms with Gasteiger partial charge in [-0.3, -0.25) is 0 Å². The van der Waals surface area contributed by atoms with Crippen LogP contribution in [-0.2, 0) is 9.84 Å². The Kier molecular flexibility index (Phi) is 3.46. The zero-order valence-corrected chi connectivity index (χ0v) is 11.1. The minimum Gasteiger partial charge on any atom is -0.229 e. The van der Waals surface area contributed by atoms with E-state index in [1.165, 1.54) is 6.07 Å². The number of hydrogen-bond donors (Lipinski definition) is 0. The van der Waals surface area contributed by atoms with Gasteiger partial charge >= 0.3 is 0 Å². The molecule has 0 radical (unpaired) electrons. The summed E-state index contributed by atoms with van der Waals surface area (Å²) in [6.07, 6.45) is 0.590. The second kappa shape index (κ2) is 4.58. The molecule has 0 aromatic heterocycles. The monoisotopic (exact) mass is 276 g/mol. The molecule has 0 spiro atoms. The highest BCUT2D eigenvalue weighted by molar-refractivity contribution is 7.91. The fourth-order valence-electron chi connectivity index (χ4n) is 2.17. The lowest BCUT2D eigenvalue weighted by molar-refractivity contribution is 0.566. The molecule has 2 atom stereocenters. The average molecular weight is 277 g/mol. The molecule has 1 aliphatic heterocycles. The molecular formula is C12H14ClFO2S. The molecule has 1 saturated heterocycles. The van der Waals surface area contributed by atoms with Crippen LogP contribution in [0.15, 0.2) is 18.2 Å². The highest BCUT2D eigenvalue weighted by Gasteiger charge is 2.33. The average Bonchev–Trinajstić information content (AvgIpc) is 2.62. The van der Waals surface area contributed by atoms with Crippen molar-refractivity contribution in [2.75, 3.05) is 11.5 Å². The fraction of sp³-hybridized carbons (Fsp3) is 0.500. The molecule has 0 aliphatic carbocycles. The number of rotatable bonds is 2. The molecule has 0 saturated carbocycles. The summed E-state index contributed by atoms with van der Waals surface area (Å²) in [5.41, 5.74) is 1.33. The molecule has 1 aliphatic rings. The Morgan fingerprint density at radius 1 is 1.47 bits per heavy atom. The van der Waals surface area contributed by atoms with Crippen molar-refractivity contribution in [3.8, 4) is 0 Å². The Morgan fingerprint density at radius 3 is 2.71 bits per heavy atom. The lowest BCUT2D eigenvalue weighted by atomic mass is 9.97. The first-order valence-electron chi connectivity index (χ1n) is 5.49. The number of hydrogen-bond acceptors (Lipinski definition) is 2. The smallest absolute Gasteiger partial charge is 0.150 e. The van der Waals surface area contributed by atoms with Gasteiger partial charge in [-0.05, 0) is 36.5 Å². The van der Waals surface area contributed by atoms with Crippen molar-refractivity contribution in [3.05, 3.63) is 35.1 Å². The van der Waals surface area contributed by atoms with Gasteiger partial charge in [0.05, 0.1) is 16.9 Å². The molecule has 2 rings (SSSR count). The van der Waals surface area contributed by atoms with Gasteiger partial charge in [0.1, 0.15) is 5.82 Å². The van der Waals surface area contributed by atoms with Crippen LogP contribution in [0.1, 0.15) is 22.9 Å². The number of halogens is 2. The van der Waals surface area contributed by atoms with Crippen LogP contribution in [0.2, 0.25) is 0 Å². The van der Waals surface area contributed by atoms with Gasteiger partial charge in [-0.15, -0.1) is 11.6 Å². The minimum atomic E-state index is -2.93. The van der Waals surface area contributed by atoms with E-state index in [2.05, 4.69) is 0 Å². The molecule has 1 aromatic rings. The topological polar surface area (TPSA) is 34.1 Å². The molecular weight excluding hydrogens is 263 g/mol. The molecule has 1 fully saturated rings. The van der Waals surface area contributed by atoms with Crippen LogP contribution >= 0.6 is 11.6 Å². The van der Waals surface area contributed by atoms with Crippen LogP contribution in [0, 0.1) is 18.7 Å². The van der Waals surface area contributed by atoms with Crippen LogP contribution in [0.5, 0.6) is 0 Å². The number of alkyl halides is 1. The van der Waals surface area contributed by atoms with Gasteiger partial charge in [-0.1, -0.05) is 12.1 Å². The van der Waals surface area contributed by atoms with Gasteiger partial charge in [-0.25, -0.2) is 12.8 Å². The van der Waals surface area contributed by atoms with E-state index in [1.54, 1.807) is 19.1 Å². The van der Waals surface area contributed by atoms with Crippen LogP contribution in [0.4, 0.5) is 4.39 Å². The van der Waals surface area contributed by atoms with Gasteiger partial charge < -0.3 is 0 Å². The van der Waals surface area contributed by atoms with Crippen molar-refractivity contribution in [2.45, 2.75) is 18.7 Å². The van der Waals surface area contributed by atoms with Gasteiger partial charge in [0.25, 0.3) is 0 Å². The first-order chi connectivity index (χ1) is 7.89. The Hall–Kier alpha value is -0.610. The van der Waals surface area contributed by atoms with E-state index >= 15 is 0 Å². The zero-order valence-electron chi connectivity index (χ0n) is 9.49. The van der Waals surface area contributed by atoms with Crippen molar-refractivity contribution in [3.63, 3.8) is 0 Å². The molecule has 0 bridgehead atoms. The quantitative estimate of drug-likeness (QED) is 0.779. The van der Waals surface area contributed by atoms with E-state index in [0.29, 0.717) is 12.0 Å². The zero-order chi connectivity index (χ0) is 12.6. The molecule has 1 aromatic carbocycles. The summed E-state index contributed by atoms with van der Waals surface area (Å²) in [7, 11) is -2.93. The number of benzene rings is 1. The molecule has 2 unspecified atom stereocenters. The first-order valence-corrected chi connectivity index (χ1v) is 7.75. The third-order valence-electron chi connectivity index (χ3n) is 3.18. The summed E-state index contributed by atoms with van der Waals surface area (Å²) in [4.78, 5) is 0. The van der Waals surface area contributed by atoms with E-state index in [0.717, 1.165) is 5.56 Å². The van der Waals surface area contributed by atoms with Crippen molar-refractivity contribution in [1.29, 1.82) is 0 Å². The summed E-state index contributed by atoms with van der Waals surface area (Å²) in [6, 6.07) is 4.70. The van der Waals surface area contributed by atoms with Crippen LogP contribution in [0.3, 0.4) is 0 Å². The summed E-state index contributed by atoms with van der Waals surface area (Å²) < 4.78 is 35.9. The molecule has 5 heteroatoms. The maximum Gasteiger partial charge on any atom is 0.150 e. The fourth-order valence-corrected chi connectivity index (χ4v) is 4.46. The lowest BCUT2D eigenvalue weighted by Crippen LogP contribution is -2.10. The van der Waals surface area contributed by atoms with Gasteiger partial charge in [-0.2, -0.15) is 0 Å². The Morgan fingerprint density at radius 2 is 2.18 bits per heavy atom. The summed E-state index contributed by atoms with van der Waals surface area (Å²) in [5, 5.41) is -0.355. The molecule has 0 amide bonds. The SMILES string of the molecule is Cc1cc(C(Cl)C2CCS(=O)(=O)C2)ccc1F. The predicted molar refractivity (Wildman–Crippen MR) is 66.5 cm³/mol. The maximum atomic E-state index is 13.1. The third-order valence-corrected chi connectivity index (χ3v) is 5.58. The van der Waals surface area contributed by atoms with Crippen LogP contribution in [0.25, 0.3) is 0 Å². The highest BCUT2D eigenvalue weighted by atomic mass is 35.5. The maximum absolute atomic E-state index is 13.1. The molecule has 1 heterocycles. The highest BCUT2D eigenvalue weighted by Crippen LogP contribution is 2.36. The first kappa shape index (κ1) is 12.8. The Labute approximate surface area is 106 Å².